The molecule has 1 amide bonds. The number of methoxy groups -OCH3 is 1. The number of rotatable bonds is 6. The molecule has 0 bridgehead atoms. The molecule has 2 aromatic rings. The number of halogens is 2. The number of cyclic esters (lactones) is 1. The molecule has 1 saturated heterocycles. The highest BCUT2D eigenvalue weighted by Crippen LogP contribution is 2.35. The molecule has 2 aromatic carbocycles. The van der Waals surface area contributed by atoms with E-state index in [1.165, 1.54) is 29.6 Å². The van der Waals surface area contributed by atoms with Gasteiger partial charge in [0.1, 0.15) is 6.61 Å². The summed E-state index contributed by atoms with van der Waals surface area (Å²) in [6.45, 7) is -0.529. The second-order valence-electron chi connectivity index (χ2n) is 7.40. The first-order valence-corrected chi connectivity index (χ1v) is 11.8. The van der Waals surface area contributed by atoms with Gasteiger partial charge in [-0.05, 0) is 43.2 Å². The van der Waals surface area contributed by atoms with Crippen LogP contribution in [-0.4, -0.2) is 51.9 Å². The van der Waals surface area contributed by atoms with E-state index in [9.17, 15) is 17.6 Å². The number of amides is 1. The zero-order chi connectivity index (χ0) is 22.9. The minimum Gasteiger partial charge on any atom is -0.493 e. The van der Waals surface area contributed by atoms with Crippen LogP contribution < -0.4 is 14.4 Å². The van der Waals surface area contributed by atoms with E-state index in [2.05, 4.69) is 0 Å². The number of sulfonamides is 1. The maximum Gasteiger partial charge on any atom is 0.414 e. The molecule has 2 aliphatic rings. The third-order valence-electron chi connectivity index (χ3n) is 5.62. The summed E-state index contributed by atoms with van der Waals surface area (Å²) in [4.78, 5) is 14.0. The standard InChI is InChI=1S/C21H22ClFN2O6S/c1-29-19-5-3-17(11-20(19)31-13-23)32(27,28)24-8-6-16(7-9-24)25-18-4-2-15(22)10-14(18)12-30-21(25)26/h2-5,10-11,16H,6-9,12-13H2,1H3. The fourth-order valence-corrected chi connectivity index (χ4v) is 5.72. The first kappa shape index (κ1) is 22.6. The molecule has 0 radical (unpaired) electrons. The lowest BCUT2D eigenvalue weighted by Crippen LogP contribution is -2.50. The Kier molecular flexibility index (Phi) is 6.45. The summed E-state index contributed by atoms with van der Waals surface area (Å²) >= 11 is 6.05. The van der Waals surface area contributed by atoms with Crippen molar-refractivity contribution in [3.05, 3.63) is 47.0 Å². The van der Waals surface area contributed by atoms with Gasteiger partial charge in [0, 0.05) is 35.8 Å². The molecule has 8 nitrogen and oxygen atoms in total. The summed E-state index contributed by atoms with van der Waals surface area (Å²) in [6, 6.07) is 9.12. The minimum absolute atomic E-state index is 0.0114. The fourth-order valence-electron chi connectivity index (χ4n) is 4.04. The Morgan fingerprint density at radius 3 is 2.59 bits per heavy atom. The monoisotopic (exact) mass is 484 g/mol. The van der Waals surface area contributed by atoms with Gasteiger partial charge in [-0.2, -0.15) is 4.31 Å². The average Bonchev–Trinajstić information content (AvgIpc) is 2.79. The highest BCUT2D eigenvalue weighted by atomic mass is 35.5. The van der Waals surface area contributed by atoms with Crippen LogP contribution in [0.3, 0.4) is 0 Å². The first-order valence-electron chi connectivity index (χ1n) is 9.96. The van der Waals surface area contributed by atoms with E-state index in [4.69, 9.17) is 25.8 Å². The zero-order valence-corrected chi connectivity index (χ0v) is 18.9. The van der Waals surface area contributed by atoms with Crippen molar-refractivity contribution in [3.63, 3.8) is 0 Å². The Hall–Kier alpha value is -2.56. The molecule has 172 valence electrons. The molecule has 2 aliphatic heterocycles. The van der Waals surface area contributed by atoms with Crippen molar-refractivity contribution in [2.45, 2.75) is 30.4 Å². The van der Waals surface area contributed by atoms with Crippen LogP contribution in [-0.2, 0) is 21.4 Å². The number of fused-ring (bicyclic) bond motifs is 1. The summed E-state index contributed by atoms with van der Waals surface area (Å²) in [5.74, 6) is 0.250. The van der Waals surface area contributed by atoms with Gasteiger partial charge in [0.2, 0.25) is 16.9 Å². The van der Waals surface area contributed by atoms with Gasteiger partial charge in [-0.15, -0.1) is 0 Å². The number of benzene rings is 2. The van der Waals surface area contributed by atoms with Crippen LogP contribution in [0.4, 0.5) is 14.9 Å². The van der Waals surface area contributed by atoms with Crippen molar-refractivity contribution < 1.29 is 31.8 Å². The Morgan fingerprint density at radius 2 is 1.91 bits per heavy atom. The van der Waals surface area contributed by atoms with Gasteiger partial charge in [0.25, 0.3) is 0 Å². The number of ether oxygens (including phenoxy) is 3. The molecule has 0 atom stereocenters. The van der Waals surface area contributed by atoms with E-state index >= 15 is 0 Å². The van der Waals surface area contributed by atoms with Crippen molar-refractivity contribution in [2.75, 3.05) is 32.0 Å². The molecule has 4 rings (SSSR count). The number of anilines is 1. The van der Waals surface area contributed by atoms with E-state index < -0.39 is 23.0 Å². The number of hydrogen-bond donors (Lipinski definition) is 0. The lowest BCUT2D eigenvalue weighted by atomic mass is 10.0. The SMILES string of the molecule is COc1ccc(S(=O)(=O)N2CCC(N3C(=O)OCc4cc(Cl)ccc43)CC2)cc1OCF. The second-order valence-corrected chi connectivity index (χ2v) is 9.77. The van der Waals surface area contributed by atoms with Crippen LogP contribution in [0, 0.1) is 0 Å². The smallest absolute Gasteiger partial charge is 0.414 e. The van der Waals surface area contributed by atoms with E-state index in [1.807, 2.05) is 0 Å². The normalized spacial score (nSPS) is 17.6. The Bertz CT molecular complexity index is 1120. The van der Waals surface area contributed by atoms with Crippen LogP contribution in [0.5, 0.6) is 11.5 Å². The third-order valence-corrected chi connectivity index (χ3v) is 7.75. The van der Waals surface area contributed by atoms with Gasteiger partial charge in [-0.25, -0.2) is 17.6 Å². The Balaban J connectivity index is 1.52. The Morgan fingerprint density at radius 1 is 1.16 bits per heavy atom. The average molecular weight is 485 g/mol. The minimum atomic E-state index is -3.84. The molecule has 0 N–H and O–H groups in total. The van der Waals surface area contributed by atoms with Crippen molar-refractivity contribution in [3.8, 4) is 11.5 Å². The van der Waals surface area contributed by atoms with Crippen molar-refractivity contribution >= 4 is 33.4 Å². The molecule has 32 heavy (non-hydrogen) atoms. The quantitative estimate of drug-likeness (QED) is 0.617. The first-order chi connectivity index (χ1) is 15.3. The number of hydrogen-bond acceptors (Lipinski definition) is 6. The lowest BCUT2D eigenvalue weighted by molar-refractivity contribution is 0.136. The van der Waals surface area contributed by atoms with Gasteiger partial charge in [0.05, 0.1) is 17.7 Å². The van der Waals surface area contributed by atoms with Crippen molar-refractivity contribution in [1.29, 1.82) is 0 Å². The second kappa shape index (κ2) is 9.13. The summed E-state index contributed by atoms with van der Waals surface area (Å²) in [5, 5.41) is 0.554. The maximum absolute atomic E-state index is 13.1. The van der Waals surface area contributed by atoms with E-state index in [0.29, 0.717) is 17.9 Å². The Labute approximate surface area is 190 Å². The van der Waals surface area contributed by atoms with Crippen LogP contribution in [0.15, 0.2) is 41.3 Å². The lowest BCUT2D eigenvalue weighted by Gasteiger charge is -2.39. The summed E-state index contributed by atoms with van der Waals surface area (Å²) < 4.78 is 55.5. The van der Waals surface area contributed by atoms with Gasteiger partial charge in [-0.1, -0.05) is 11.6 Å². The van der Waals surface area contributed by atoms with Crippen LogP contribution in [0.1, 0.15) is 18.4 Å². The molecule has 11 heteroatoms. The highest BCUT2D eigenvalue weighted by Gasteiger charge is 2.37. The van der Waals surface area contributed by atoms with Crippen LogP contribution in [0.2, 0.25) is 5.02 Å². The molecule has 0 aliphatic carbocycles. The molecule has 0 unspecified atom stereocenters. The van der Waals surface area contributed by atoms with Crippen molar-refractivity contribution in [1.82, 2.24) is 4.31 Å². The summed E-state index contributed by atoms with van der Waals surface area (Å²) in [5.41, 5.74) is 1.54. The molecule has 0 aromatic heterocycles. The van der Waals surface area contributed by atoms with Gasteiger partial charge in [0.15, 0.2) is 11.5 Å². The third kappa shape index (κ3) is 4.22. The molecule has 1 fully saturated rings. The number of nitrogens with zero attached hydrogens (tertiary/aromatic N) is 2. The predicted octanol–water partition coefficient (Wildman–Crippen LogP) is 3.96. The molecule has 0 spiro atoms. The number of carbonyl (C=O) groups is 1. The molecule has 0 saturated carbocycles. The van der Waals surface area contributed by atoms with E-state index in [-0.39, 0.29) is 42.1 Å². The zero-order valence-electron chi connectivity index (χ0n) is 17.3. The van der Waals surface area contributed by atoms with Gasteiger partial charge < -0.3 is 14.2 Å². The maximum atomic E-state index is 13.1. The van der Waals surface area contributed by atoms with E-state index in [1.54, 1.807) is 23.1 Å². The number of piperidine rings is 1. The van der Waals surface area contributed by atoms with Crippen molar-refractivity contribution in [2.24, 2.45) is 0 Å². The summed E-state index contributed by atoms with van der Waals surface area (Å²) in [6.07, 6.45) is 0.408. The highest BCUT2D eigenvalue weighted by molar-refractivity contribution is 7.89. The molecular formula is C21H22ClFN2O6S. The van der Waals surface area contributed by atoms with E-state index in [0.717, 1.165) is 11.3 Å². The predicted molar refractivity (Wildman–Crippen MR) is 115 cm³/mol. The molecule has 2 heterocycles. The van der Waals surface area contributed by atoms with Crippen LogP contribution >= 0.6 is 11.6 Å². The number of carbonyl (C=O) groups excluding carboxylic acids is 1. The topological polar surface area (TPSA) is 85.4 Å². The van der Waals surface area contributed by atoms with Crippen LogP contribution in [0.25, 0.3) is 0 Å². The molecular weight excluding hydrogens is 463 g/mol. The largest absolute Gasteiger partial charge is 0.493 e. The number of alkyl halides is 1. The fraction of sp³-hybridized carbons (Fsp3) is 0.381. The van der Waals surface area contributed by atoms with Gasteiger partial charge >= 0.3 is 6.09 Å². The van der Waals surface area contributed by atoms with Gasteiger partial charge in [-0.3, -0.25) is 4.90 Å². The summed E-state index contributed by atoms with van der Waals surface area (Å²) in [7, 11) is -2.45.